The Kier molecular flexibility index (Phi) is 6.17. The van der Waals surface area contributed by atoms with Crippen molar-refractivity contribution in [3.63, 3.8) is 0 Å². The zero-order valence-electron chi connectivity index (χ0n) is 26.2. The molecule has 3 aliphatic heterocycles. The van der Waals surface area contributed by atoms with Crippen LogP contribution in [-0.2, 0) is 18.6 Å². The van der Waals surface area contributed by atoms with Crippen molar-refractivity contribution in [2.45, 2.75) is 43.6 Å². The number of carbonyl (C=O) groups excluding carboxylic acids is 1. The van der Waals surface area contributed by atoms with Crippen molar-refractivity contribution in [2.24, 2.45) is 5.73 Å². The Morgan fingerprint density at radius 1 is 1.15 bits per heavy atom. The number of nitrogens with zero attached hydrogens (tertiary/aromatic N) is 2. The van der Waals surface area contributed by atoms with E-state index in [1.54, 1.807) is 30.3 Å². The van der Waals surface area contributed by atoms with E-state index >= 15 is 8.78 Å². The zero-order valence-corrected chi connectivity index (χ0v) is 24.0. The van der Waals surface area contributed by atoms with Gasteiger partial charge in [-0.1, -0.05) is 41.9 Å². The van der Waals surface area contributed by atoms with Gasteiger partial charge in [-0.3, -0.25) is 9.59 Å². The standard InChI is InChI=1S/C31H22ClF5N4O5/c32-24-17(33)10-18-16(11-30(46-18,21-7-4-8-39-21)14-5-2-1-3-6-14)22(24)23-15(28(38)42)9-19-26(25(23)34)45-27-20(44-19)12-40-41(29(27)43)13-31(35,36)37/h1-3,5-6,9-10,12,21,39H,4,7-8,11,13H2,(H2,38,42)/t21?,30-/m0/s1/i8D2,21D. The van der Waals surface area contributed by atoms with E-state index in [4.69, 9.17) is 34.3 Å². The van der Waals surface area contributed by atoms with Crippen LogP contribution in [0.15, 0.2) is 53.5 Å². The molecule has 7 rings (SSSR count). The number of carbonyl (C=O) groups is 1. The van der Waals surface area contributed by atoms with Gasteiger partial charge in [0.15, 0.2) is 22.9 Å². The van der Waals surface area contributed by atoms with Crippen molar-refractivity contribution >= 4 is 17.5 Å². The number of alkyl halides is 3. The molecule has 2 atom stereocenters. The van der Waals surface area contributed by atoms with E-state index in [2.05, 4.69) is 10.4 Å². The minimum absolute atomic E-state index is 0.0198. The number of ether oxygens (including phenoxy) is 3. The molecule has 9 nitrogen and oxygen atoms in total. The fraction of sp³-hybridized carbons (Fsp3) is 0.258. The first kappa shape index (κ1) is 26.5. The van der Waals surface area contributed by atoms with Gasteiger partial charge in [0.1, 0.15) is 18.1 Å². The topological polar surface area (TPSA) is 118 Å². The third-order valence-corrected chi connectivity index (χ3v) is 8.26. The van der Waals surface area contributed by atoms with E-state index in [1.807, 2.05) is 0 Å². The quantitative estimate of drug-likeness (QED) is 0.222. The smallest absolute Gasteiger partial charge is 0.408 e. The third kappa shape index (κ3) is 4.74. The molecule has 46 heavy (non-hydrogen) atoms. The van der Waals surface area contributed by atoms with E-state index in [0.717, 1.165) is 18.3 Å². The van der Waals surface area contributed by atoms with Crippen LogP contribution in [0.4, 0.5) is 22.0 Å². The molecule has 0 radical (unpaired) electrons. The van der Waals surface area contributed by atoms with Crippen LogP contribution in [0.25, 0.3) is 11.1 Å². The summed E-state index contributed by atoms with van der Waals surface area (Å²) in [5.41, 5.74) is 1.22. The molecule has 3 aromatic carbocycles. The molecule has 1 saturated heterocycles. The second-order valence-electron chi connectivity index (χ2n) is 10.7. The van der Waals surface area contributed by atoms with Crippen molar-refractivity contribution in [3.05, 3.63) is 92.4 Å². The van der Waals surface area contributed by atoms with Crippen LogP contribution in [-0.4, -0.2) is 34.4 Å². The lowest BCUT2D eigenvalue weighted by molar-refractivity contribution is -0.143. The Bertz CT molecular complexity index is 2140. The summed E-state index contributed by atoms with van der Waals surface area (Å²) in [6.07, 6.45) is -4.53. The summed E-state index contributed by atoms with van der Waals surface area (Å²) in [5.74, 6) is -6.65. The summed E-state index contributed by atoms with van der Waals surface area (Å²) in [6, 6.07) is 8.29. The van der Waals surface area contributed by atoms with Gasteiger partial charge < -0.3 is 25.3 Å². The van der Waals surface area contributed by atoms with Gasteiger partial charge in [0.05, 0.1) is 24.2 Å². The van der Waals surface area contributed by atoms with Gasteiger partial charge in [-0.15, -0.1) is 0 Å². The molecule has 0 spiro atoms. The summed E-state index contributed by atoms with van der Waals surface area (Å²) in [4.78, 5) is 25.7. The first-order chi connectivity index (χ1) is 22.9. The highest BCUT2D eigenvalue weighted by molar-refractivity contribution is 6.34. The molecule has 4 aromatic rings. The second-order valence-corrected chi connectivity index (χ2v) is 11.1. The highest BCUT2D eigenvalue weighted by atomic mass is 35.5. The minimum atomic E-state index is -4.84. The molecule has 1 fully saturated rings. The van der Waals surface area contributed by atoms with Crippen LogP contribution >= 0.6 is 11.6 Å². The van der Waals surface area contributed by atoms with E-state index < -0.39 is 98.6 Å². The number of primary amides is 1. The first-order valence-corrected chi connectivity index (χ1v) is 14.1. The van der Waals surface area contributed by atoms with Gasteiger partial charge in [0.25, 0.3) is 0 Å². The summed E-state index contributed by atoms with van der Waals surface area (Å²) < 4.78 is 115. The average molecular weight is 664 g/mol. The molecule has 4 heterocycles. The van der Waals surface area contributed by atoms with Crippen LogP contribution in [0.5, 0.6) is 28.7 Å². The maximum Gasteiger partial charge on any atom is 0.408 e. The maximum absolute atomic E-state index is 16.8. The molecule has 0 bridgehead atoms. The fourth-order valence-corrected chi connectivity index (χ4v) is 6.18. The molecular weight excluding hydrogens is 639 g/mol. The van der Waals surface area contributed by atoms with E-state index in [0.29, 0.717) is 5.56 Å². The maximum atomic E-state index is 16.8. The van der Waals surface area contributed by atoms with Gasteiger partial charge in [-0.2, -0.15) is 18.3 Å². The van der Waals surface area contributed by atoms with Crippen LogP contribution in [0.3, 0.4) is 0 Å². The predicted octanol–water partition coefficient (Wildman–Crippen LogP) is 5.98. The Morgan fingerprint density at radius 2 is 1.91 bits per heavy atom. The highest BCUT2D eigenvalue weighted by Crippen LogP contribution is 2.55. The van der Waals surface area contributed by atoms with E-state index in [1.165, 1.54) is 0 Å². The number of hydrogen-bond donors (Lipinski definition) is 2. The fourth-order valence-electron chi connectivity index (χ4n) is 5.92. The van der Waals surface area contributed by atoms with E-state index in [9.17, 15) is 24.1 Å². The molecule has 1 unspecified atom stereocenters. The number of fused-ring (bicyclic) bond motifs is 3. The second kappa shape index (κ2) is 10.7. The number of nitrogens with two attached hydrogens (primary N) is 1. The largest absolute Gasteiger partial charge is 0.480 e. The number of hydrogen-bond acceptors (Lipinski definition) is 7. The Morgan fingerprint density at radius 3 is 2.59 bits per heavy atom. The van der Waals surface area contributed by atoms with Crippen LogP contribution in [0.1, 0.15) is 38.4 Å². The lowest BCUT2D eigenvalue weighted by atomic mass is 9.80. The highest BCUT2D eigenvalue weighted by Gasteiger charge is 2.50. The van der Waals surface area contributed by atoms with Gasteiger partial charge in [-0.05, 0) is 31.0 Å². The SMILES string of the molecule is [2H]C1([2H])CCC([2H])([C@@]2(c3ccccc3)Cc3c(cc(F)c(Cl)c3-c3c(C(N)=O)cc4c(c3F)Oc3c(cnn(CC(F)(F)F)c3=O)O4)O2)N1. The average Bonchev–Trinajstić information content (AvgIpc) is 3.56. The van der Waals surface area contributed by atoms with Gasteiger partial charge in [0, 0.05) is 31.9 Å². The Hall–Kier alpha value is -4.69. The first-order valence-electron chi connectivity index (χ1n) is 15.2. The van der Waals surface area contributed by atoms with Crippen molar-refractivity contribution in [2.75, 3.05) is 6.50 Å². The number of rotatable bonds is 5. The molecule has 0 aliphatic carbocycles. The summed E-state index contributed by atoms with van der Waals surface area (Å²) in [6.45, 7) is -3.76. The molecular formula is C31H22ClF5N4O5. The van der Waals surface area contributed by atoms with Gasteiger partial charge in [0.2, 0.25) is 17.4 Å². The number of amides is 1. The van der Waals surface area contributed by atoms with Gasteiger partial charge in [-0.25, -0.2) is 13.5 Å². The van der Waals surface area contributed by atoms with Crippen molar-refractivity contribution < 1.29 is 45.1 Å². The molecule has 0 saturated carbocycles. The molecule has 3 aliphatic rings. The van der Waals surface area contributed by atoms with Crippen molar-refractivity contribution in [3.8, 4) is 39.9 Å². The Labute approximate surface area is 265 Å². The molecule has 1 aromatic heterocycles. The summed E-state index contributed by atoms with van der Waals surface area (Å²) >= 11 is 6.50. The number of aromatic nitrogens is 2. The molecule has 3 N–H and O–H groups in total. The van der Waals surface area contributed by atoms with Crippen LogP contribution in [0, 0.1) is 11.6 Å². The lowest BCUT2D eigenvalue weighted by Gasteiger charge is -2.35. The van der Waals surface area contributed by atoms with Crippen LogP contribution in [0.2, 0.25) is 5.02 Å². The third-order valence-electron chi connectivity index (χ3n) is 7.89. The van der Waals surface area contributed by atoms with Crippen LogP contribution < -0.4 is 30.8 Å². The number of benzene rings is 3. The predicted molar refractivity (Wildman–Crippen MR) is 153 cm³/mol. The minimum Gasteiger partial charge on any atom is -0.480 e. The normalized spacial score (nSPS) is 23.5. The number of nitrogens with one attached hydrogen (secondary N) is 1. The zero-order chi connectivity index (χ0) is 35.3. The summed E-state index contributed by atoms with van der Waals surface area (Å²) in [5, 5.41) is 5.42. The number of halogens is 6. The molecule has 238 valence electrons. The van der Waals surface area contributed by atoms with Crippen molar-refractivity contribution in [1.82, 2.24) is 15.1 Å². The molecule has 1 amide bonds. The van der Waals surface area contributed by atoms with E-state index in [-0.39, 0.29) is 35.3 Å². The van der Waals surface area contributed by atoms with Crippen molar-refractivity contribution in [1.29, 1.82) is 0 Å². The molecule has 15 heteroatoms. The summed E-state index contributed by atoms with van der Waals surface area (Å²) in [7, 11) is 0. The van der Waals surface area contributed by atoms with Gasteiger partial charge >= 0.3 is 11.7 Å². The monoisotopic (exact) mass is 663 g/mol. The lowest BCUT2D eigenvalue weighted by Crippen LogP contribution is -2.48. The Balaban J connectivity index is 1.43.